The van der Waals surface area contributed by atoms with Crippen LogP contribution in [0.5, 0.6) is 0 Å². The Morgan fingerprint density at radius 2 is 1.94 bits per heavy atom. The molecule has 2 amide bonds. The van der Waals surface area contributed by atoms with Crippen LogP contribution < -0.4 is 5.73 Å². The van der Waals surface area contributed by atoms with Gasteiger partial charge in [0.05, 0.1) is 24.2 Å². The Balaban J connectivity index is 1.29. The van der Waals surface area contributed by atoms with E-state index in [1.165, 1.54) is 12.1 Å². The predicted molar refractivity (Wildman–Crippen MR) is 120 cm³/mol. The first-order valence-electron chi connectivity index (χ1n) is 11.9. The molecule has 1 aromatic carbocycles. The van der Waals surface area contributed by atoms with Crippen molar-refractivity contribution in [2.75, 3.05) is 13.1 Å². The first-order chi connectivity index (χ1) is 15.6. The van der Waals surface area contributed by atoms with Crippen LogP contribution in [-0.4, -0.2) is 69.8 Å². The first-order valence-corrected chi connectivity index (χ1v) is 11.9. The lowest BCUT2D eigenvalue weighted by Gasteiger charge is -2.45. The minimum absolute atomic E-state index is 0.0329. The topological polar surface area (TPSA) is 93.7 Å². The van der Waals surface area contributed by atoms with Crippen molar-refractivity contribution in [1.82, 2.24) is 14.7 Å². The van der Waals surface area contributed by atoms with Crippen LogP contribution in [-0.2, 0) is 9.59 Å². The molecule has 2 bridgehead atoms. The smallest absolute Gasteiger partial charge is 0.242 e. The third-order valence-electron chi connectivity index (χ3n) is 7.85. The number of nitrogens with two attached hydrogens (primary N) is 1. The van der Waals surface area contributed by atoms with Crippen LogP contribution >= 0.6 is 0 Å². The highest BCUT2D eigenvalue weighted by Crippen LogP contribution is 2.48. The summed E-state index contributed by atoms with van der Waals surface area (Å²) >= 11 is 0. The average Bonchev–Trinajstić information content (AvgIpc) is 3.09. The van der Waals surface area contributed by atoms with Crippen LogP contribution in [0.15, 0.2) is 24.3 Å². The summed E-state index contributed by atoms with van der Waals surface area (Å²) in [5.74, 6) is 0.0372. The number of amides is 2. The van der Waals surface area contributed by atoms with Gasteiger partial charge in [-0.3, -0.25) is 14.5 Å². The lowest BCUT2D eigenvalue weighted by atomic mass is 9.80. The number of fused-ring (bicyclic) bond motifs is 3. The number of halogens is 1. The maximum absolute atomic E-state index is 13.5. The Kier molecular flexibility index (Phi) is 5.26. The molecule has 7 nitrogen and oxygen atoms in total. The van der Waals surface area contributed by atoms with Gasteiger partial charge in [0.25, 0.3) is 0 Å². The molecule has 1 unspecified atom stereocenters. The molecule has 3 aliphatic heterocycles. The molecule has 0 spiro atoms. The van der Waals surface area contributed by atoms with E-state index in [0.29, 0.717) is 25.4 Å². The largest absolute Gasteiger partial charge is 0.329 e. The summed E-state index contributed by atoms with van der Waals surface area (Å²) in [6.45, 7) is 7.28. The van der Waals surface area contributed by atoms with E-state index < -0.39 is 6.04 Å². The number of hydrogen-bond acceptors (Lipinski definition) is 5. The molecule has 7 atom stereocenters. The van der Waals surface area contributed by atoms with Crippen molar-refractivity contribution < 1.29 is 14.0 Å². The molecule has 1 saturated carbocycles. The predicted octanol–water partition coefficient (Wildman–Crippen LogP) is 2.04. The van der Waals surface area contributed by atoms with Gasteiger partial charge in [0.1, 0.15) is 11.9 Å². The number of carbonyl (C=O) groups excluding carboxylic acids is 2. The fourth-order valence-electron chi connectivity index (χ4n) is 6.36. The van der Waals surface area contributed by atoms with Crippen LogP contribution in [0.4, 0.5) is 4.39 Å². The summed E-state index contributed by atoms with van der Waals surface area (Å²) in [4.78, 5) is 32.3. The van der Waals surface area contributed by atoms with E-state index in [2.05, 4.69) is 26.8 Å². The molecule has 4 aliphatic rings. The van der Waals surface area contributed by atoms with E-state index in [-0.39, 0.29) is 53.3 Å². The Bertz CT molecular complexity index is 1000. The summed E-state index contributed by atoms with van der Waals surface area (Å²) in [6.07, 6.45) is 2.43. The zero-order valence-corrected chi connectivity index (χ0v) is 19.4. The van der Waals surface area contributed by atoms with Gasteiger partial charge < -0.3 is 15.5 Å². The average molecular weight is 454 g/mol. The Morgan fingerprint density at radius 1 is 1.24 bits per heavy atom. The second kappa shape index (κ2) is 7.78. The van der Waals surface area contributed by atoms with Crippen LogP contribution in [0, 0.1) is 28.5 Å². The number of nitriles is 1. The van der Waals surface area contributed by atoms with Crippen molar-refractivity contribution in [2.45, 2.75) is 76.3 Å². The molecule has 3 saturated heterocycles. The summed E-state index contributed by atoms with van der Waals surface area (Å²) < 4.78 is 13.5. The highest BCUT2D eigenvalue weighted by atomic mass is 19.1. The normalized spacial score (nSPS) is 32.6. The molecule has 0 radical (unpaired) electrons. The van der Waals surface area contributed by atoms with E-state index >= 15 is 0 Å². The second-order valence-electron chi connectivity index (χ2n) is 11.2. The van der Waals surface area contributed by atoms with Crippen molar-refractivity contribution in [3.63, 3.8) is 0 Å². The van der Waals surface area contributed by atoms with Crippen LogP contribution in [0.25, 0.3) is 0 Å². The Hall–Kier alpha value is -2.50. The van der Waals surface area contributed by atoms with Gasteiger partial charge >= 0.3 is 0 Å². The number of benzene rings is 1. The third kappa shape index (κ3) is 3.71. The molecular formula is C25H32FN5O2. The van der Waals surface area contributed by atoms with Crippen molar-refractivity contribution in [3.05, 3.63) is 35.6 Å². The number of piperazine rings is 1. The van der Waals surface area contributed by atoms with Crippen molar-refractivity contribution in [1.29, 1.82) is 5.26 Å². The van der Waals surface area contributed by atoms with E-state index in [0.717, 1.165) is 18.4 Å². The van der Waals surface area contributed by atoms with Gasteiger partial charge in [-0.1, -0.05) is 32.9 Å². The van der Waals surface area contributed by atoms with Crippen LogP contribution in [0.3, 0.4) is 0 Å². The number of likely N-dealkylation sites (tertiary alicyclic amines) is 3. The molecule has 2 N–H and O–H groups in total. The van der Waals surface area contributed by atoms with Gasteiger partial charge in [-0.25, -0.2) is 4.39 Å². The van der Waals surface area contributed by atoms with Crippen molar-refractivity contribution in [2.24, 2.45) is 17.1 Å². The van der Waals surface area contributed by atoms with E-state index in [1.54, 1.807) is 17.0 Å². The second-order valence-corrected chi connectivity index (χ2v) is 11.2. The molecule has 5 rings (SSSR count). The summed E-state index contributed by atoms with van der Waals surface area (Å²) in [5, 5.41) is 9.40. The zero-order chi connectivity index (χ0) is 23.7. The number of nitrogens with zero attached hydrogens (tertiary/aromatic N) is 4. The summed E-state index contributed by atoms with van der Waals surface area (Å²) in [6, 6.07) is 7.30. The lowest BCUT2D eigenvalue weighted by Crippen LogP contribution is -2.58. The molecule has 0 aromatic heterocycles. The third-order valence-corrected chi connectivity index (χ3v) is 7.85. The highest BCUT2D eigenvalue weighted by molar-refractivity contribution is 5.87. The molecule has 176 valence electrons. The van der Waals surface area contributed by atoms with Crippen molar-refractivity contribution in [3.8, 4) is 6.07 Å². The van der Waals surface area contributed by atoms with Crippen LogP contribution in [0.2, 0.25) is 0 Å². The minimum Gasteiger partial charge on any atom is -0.329 e. The SMILES string of the molecule is CC(C)(C)[C@@H](c1ccc(F)cc1)N1C(=O)[C@@H]2C[C@H]1CN2C[C@H](N)C(=O)N1C2C[C@H]2C[C@H]1C#N. The van der Waals surface area contributed by atoms with E-state index in [1.807, 2.05) is 9.80 Å². The number of hydrogen-bond donors (Lipinski definition) is 1. The first kappa shape index (κ1) is 22.3. The molecule has 1 aliphatic carbocycles. The molecule has 4 fully saturated rings. The molecular weight excluding hydrogens is 421 g/mol. The van der Waals surface area contributed by atoms with E-state index in [4.69, 9.17) is 5.73 Å². The van der Waals surface area contributed by atoms with Crippen LogP contribution in [0.1, 0.15) is 51.6 Å². The number of piperidine rings is 1. The standard InChI is InChI=1S/C25H32FN5O2/c1-25(2,3)22(14-4-6-16(26)7-5-14)31-18-10-21(24(31)33)29(12-18)13-19(28)23(32)30-17(11-27)8-15-9-20(15)30/h4-7,15,17-22H,8-10,12-13,28H2,1-3H3/t15-,17+,18+,19+,20?,21+,22-/m1/s1. The monoisotopic (exact) mass is 453 g/mol. The van der Waals surface area contributed by atoms with Gasteiger partial charge in [-0.2, -0.15) is 5.26 Å². The Labute approximate surface area is 194 Å². The van der Waals surface area contributed by atoms with Crippen molar-refractivity contribution >= 4 is 11.8 Å². The van der Waals surface area contributed by atoms with Gasteiger partial charge in [0.2, 0.25) is 11.8 Å². The zero-order valence-electron chi connectivity index (χ0n) is 19.4. The van der Waals surface area contributed by atoms with Gasteiger partial charge in [0, 0.05) is 25.2 Å². The van der Waals surface area contributed by atoms with Gasteiger partial charge in [-0.05, 0) is 48.3 Å². The summed E-state index contributed by atoms with van der Waals surface area (Å²) in [7, 11) is 0. The number of carbonyl (C=O) groups is 2. The van der Waals surface area contributed by atoms with Gasteiger partial charge in [0.15, 0.2) is 0 Å². The van der Waals surface area contributed by atoms with Gasteiger partial charge in [-0.15, -0.1) is 0 Å². The molecule has 1 aromatic rings. The van der Waals surface area contributed by atoms with E-state index in [9.17, 15) is 19.2 Å². The molecule has 33 heavy (non-hydrogen) atoms. The summed E-state index contributed by atoms with van der Waals surface area (Å²) in [5.41, 5.74) is 7.02. The maximum atomic E-state index is 13.5. The molecule has 3 heterocycles. The molecule has 8 heteroatoms. The highest BCUT2D eigenvalue weighted by Gasteiger charge is 2.56. The quantitative estimate of drug-likeness (QED) is 0.736. The lowest BCUT2D eigenvalue weighted by molar-refractivity contribution is -0.143. The Morgan fingerprint density at radius 3 is 2.55 bits per heavy atom. The minimum atomic E-state index is -0.740. The fourth-order valence-corrected chi connectivity index (χ4v) is 6.36. The number of rotatable bonds is 5. The fraction of sp³-hybridized carbons (Fsp3) is 0.640. The maximum Gasteiger partial charge on any atom is 0.242 e.